The number of benzene rings is 1. The minimum absolute atomic E-state index is 0.0424. The van der Waals surface area contributed by atoms with Crippen LogP contribution in [0, 0.1) is 0 Å². The van der Waals surface area contributed by atoms with E-state index in [1.54, 1.807) is 18.2 Å². The molecule has 3 N–H and O–H groups in total. The zero-order valence-electron chi connectivity index (χ0n) is 12.6. The van der Waals surface area contributed by atoms with E-state index < -0.39 is 0 Å². The van der Waals surface area contributed by atoms with Crippen molar-refractivity contribution in [3.8, 4) is 5.75 Å². The number of para-hydroxylation sites is 1. The van der Waals surface area contributed by atoms with E-state index in [2.05, 4.69) is 10.6 Å². The van der Waals surface area contributed by atoms with Crippen molar-refractivity contribution in [3.05, 3.63) is 29.8 Å². The molecular formula is C17H26N2O2. The number of nitrogens with one attached hydrogen (secondary N) is 2. The fraction of sp³-hybridized carbons (Fsp3) is 0.588. The van der Waals surface area contributed by atoms with Gasteiger partial charge in [-0.3, -0.25) is 4.79 Å². The summed E-state index contributed by atoms with van der Waals surface area (Å²) in [6, 6.07) is 7.58. The van der Waals surface area contributed by atoms with Crippen LogP contribution in [-0.2, 0) is 11.2 Å². The molecule has 4 nitrogen and oxygen atoms in total. The van der Waals surface area contributed by atoms with Gasteiger partial charge < -0.3 is 15.7 Å². The van der Waals surface area contributed by atoms with Gasteiger partial charge in [0.15, 0.2) is 0 Å². The monoisotopic (exact) mass is 290 g/mol. The van der Waals surface area contributed by atoms with Gasteiger partial charge in [0.25, 0.3) is 0 Å². The first-order valence-corrected chi connectivity index (χ1v) is 8.02. The van der Waals surface area contributed by atoms with Crippen LogP contribution in [0.5, 0.6) is 5.75 Å². The van der Waals surface area contributed by atoms with Crippen LogP contribution in [0.3, 0.4) is 0 Å². The Hall–Kier alpha value is -1.55. The Morgan fingerprint density at radius 1 is 1.10 bits per heavy atom. The molecule has 1 amide bonds. The van der Waals surface area contributed by atoms with Gasteiger partial charge in [-0.05, 0) is 18.9 Å². The molecule has 116 valence electrons. The number of carbonyl (C=O) groups is 1. The van der Waals surface area contributed by atoms with E-state index in [0.29, 0.717) is 18.2 Å². The summed E-state index contributed by atoms with van der Waals surface area (Å²) in [7, 11) is 0. The molecule has 1 saturated carbocycles. The summed E-state index contributed by atoms with van der Waals surface area (Å²) < 4.78 is 0. The maximum absolute atomic E-state index is 11.8. The van der Waals surface area contributed by atoms with Crippen LogP contribution in [0.2, 0.25) is 0 Å². The van der Waals surface area contributed by atoms with Crippen LogP contribution < -0.4 is 10.6 Å². The molecule has 1 fully saturated rings. The van der Waals surface area contributed by atoms with Gasteiger partial charge in [0.1, 0.15) is 5.75 Å². The standard InChI is InChI=1S/C17H26N2O2/c20-16-10-6-5-7-14(16)13-17(21)19-12-11-18-15-8-3-1-2-4-9-15/h5-7,10,15,18,20H,1-4,8-9,11-13H2,(H,19,21). The minimum Gasteiger partial charge on any atom is -0.508 e. The van der Waals surface area contributed by atoms with Gasteiger partial charge in [-0.1, -0.05) is 43.9 Å². The minimum atomic E-state index is -0.0424. The van der Waals surface area contributed by atoms with Gasteiger partial charge in [-0.25, -0.2) is 0 Å². The normalized spacial score (nSPS) is 16.4. The average Bonchev–Trinajstić information content (AvgIpc) is 2.75. The fourth-order valence-corrected chi connectivity index (χ4v) is 2.86. The van der Waals surface area contributed by atoms with Crippen LogP contribution in [0.25, 0.3) is 0 Å². The number of aromatic hydroxyl groups is 1. The highest BCUT2D eigenvalue weighted by atomic mass is 16.3. The van der Waals surface area contributed by atoms with Crippen molar-refractivity contribution in [2.75, 3.05) is 13.1 Å². The number of phenols is 1. The van der Waals surface area contributed by atoms with E-state index in [9.17, 15) is 9.90 Å². The van der Waals surface area contributed by atoms with E-state index >= 15 is 0 Å². The smallest absolute Gasteiger partial charge is 0.224 e. The van der Waals surface area contributed by atoms with Gasteiger partial charge in [0.05, 0.1) is 6.42 Å². The lowest BCUT2D eigenvalue weighted by Crippen LogP contribution is -2.37. The maximum Gasteiger partial charge on any atom is 0.224 e. The molecule has 21 heavy (non-hydrogen) atoms. The van der Waals surface area contributed by atoms with E-state index in [1.807, 2.05) is 6.07 Å². The summed E-state index contributed by atoms with van der Waals surface area (Å²) in [5.74, 6) is 0.142. The predicted molar refractivity (Wildman–Crippen MR) is 84.3 cm³/mol. The molecule has 1 aromatic rings. The molecule has 0 aromatic heterocycles. The molecule has 0 spiro atoms. The summed E-state index contributed by atoms with van der Waals surface area (Å²) in [4.78, 5) is 11.8. The van der Waals surface area contributed by atoms with Crippen LogP contribution in [0.4, 0.5) is 0 Å². The number of phenolic OH excluding ortho intramolecular Hbond substituents is 1. The largest absolute Gasteiger partial charge is 0.508 e. The topological polar surface area (TPSA) is 61.4 Å². The number of hydrogen-bond donors (Lipinski definition) is 3. The van der Waals surface area contributed by atoms with Gasteiger partial charge in [0, 0.05) is 24.7 Å². The van der Waals surface area contributed by atoms with Crippen molar-refractivity contribution in [1.29, 1.82) is 0 Å². The molecule has 1 aliphatic carbocycles. The molecule has 1 aromatic carbocycles. The number of rotatable bonds is 6. The molecule has 1 aliphatic rings. The SMILES string of the molecule is O=C(Cc1ccccc1O)NCCNC1CCCCCC1. The highest BCUT2D eigenvalue weighted by molar-refractivity contribution is 5.79. The number of carbonyl (C=O) groups excluding carboxylic acids is 1. The van der Waals surface area contributed by atoms with Crippen LogP contribution in [-0.4, -0.2) is 30.1 Å². The van der Waals surface area contributed by atoms with E-state index in [-0.39, 0.29) is 18.1 Å². The Morgan fingerprint density at radius 2 is 1.81 bits per heavy atom. The van der Waals surface area contributed by atoms with Crippen LogP contribution >= 0.6 is 0 Å². The lowest BCUT2D eigenvalue weighted by atomic mass is 10.1. The Morgan fingerprint density at radius 3 is 2.52 bits per heavy atom. The maximum atomic E-state index is 11.8. The van der Waals surface area contributed by atoms with Gasteiger partial charge in [-0.2, -0.15) is 0 Å². The van der Waals surface area contributed by atoms with Crippen molar-refractivity contribution in [1.82, 2.24) is 10.6 Å². The second kappa shape index (κ2) is 8.67. The van der Waals surface area contributed by atoms with E-state index in [4.69, 9.17) is 0 Å². The van der Waals surface area contributed by atoms with E-state index in [1.165, 1.54) is 38.5 Å². The molecule has 0 saturated heterocycles. The summed E-state index contributed by atoms with van der Waals surface area (Å²) in [6.07, 6.45) is 8.09. The number of hydrogen-bond acceptors (Lipinski definition) is 3. The highest BCUT2D eigenvalue weighted by Crippen LogP contribution is 2.17. The van der Waals surface area contributed by atoms with Crippen molar-refractivity contribution in [2.45, 2.75) is 51.0 Å². The zero-order valence-corrected chi connectivity index (χ0v) is 12.6. The lowest BCUT2D eigenvalue weighted by molar-refractivity contribution is -0.120. The molecule has 0 heterocycles. The Balaban J connectivity index is 1.62. The molecule has 4 heteroatoms. The van der Waals surface area contributed by atoms with Crippen molar-refractivity contribution in [3.63, 3.8) is 0 Å². The van der Waals surface area contributed by atoms with Crippen molar-refractivity contribution < 1.29 is 9.90 Å². The van der Waals surface area contributed by atoms with Gasteiger partial charge >= 0.3 is 0 Å². The second-order valence-corrected chi connectivity index (χ2v) is 5.80. The van der Waals surface area contributed by atoms with Crippen LogP contribution in [0.1, 0.15) is 44.1 Å². The Labute approximate surface area is 126 Å². The van der Waals surface area contributed by atoms with Crippen molar-refractivity contribution in [2.24, 2.45) is 0 Å². The molecule has 0 radical (unpaired) electrons. The third-order valence-electron chi connectivity index (χ3n) is 4.08. The number of amides is 1. The fourth-order valence-electron chi connectivity index (χ4n) is 2.86. The molecular weight excluding hydrogens is 264 g/mol. The van der Waals surface area contributed by atoms with Gasteiger partial charge in [-0.15, -0.1) is 0 Å². The Kier molecular flexibility index (Phi) is 6.54. The second-order valence-electron chi connectivity index (χ2n) is 5.80. The molecule has 0 aliphatic heterocycles. The lowest BCUT2D eigenvalue weighted by Gasteiger charge is -2.16. The van der Waals surface area contributed by atoms with Crippen LogP contribution in [0.15, 0.2) is 24.3 Å². The first-order valence-electron chi connectivity index (χ1n) is 8.02. The summed E-state index contributed by atoms with van der Waals surface area (Å²) in [5, 5.41) is 16.1. The quantitative estimate of drug-likeness (QED) is 0.557. The van der Waals surface area contributed by atoms with Gasteiger partial charge in [0.2, 0.25) is 5.91 Å². The molecule has 0 atom stereocenters. The van der Waals surface area contributed by atoms with Crippen molar-refractivity contribution >= 4 is 5.91 Å². The summed E-state index contributed by atoms with van der Waals surface area (Å²) in [5.41, 5.74) is 0.673. The summed E-state index contributed by atoms with van der Waals surface area (Å²) in [6.45, 7) is 1.46. The van der Waals surface area contributed by atoms with E-state index in [0.717, 1.165) is 6.54 Å². The Bertz CT molecular complexity index is 440. The highest BCUT2D eigenvalue weighted by Gasteiger charge is 2.11. The average molecular weight is 290 g/mol. The molecule has 0 unspecified atom stereocenters. The predicted octanol–water partition coefficient (Wildman–Crippen LogP) is 2.36. The molecule has 2 rings (SSSR count). The zero-order chi connectivity index (χ0) is 14.9. The third kappa shape index (κ3) is 5.76. The molecule has 0 bridgehead atoms. The first kappa shape index (κ1) is 15.8. The first-order chi connectivity index (χ1) is 10.3. The summed E-state index contributed by atoms with van der Waals surface area (Å²) >= 11 is 0. The third-order valence-corrected chi connectivity index (χ3v) is 4.08.